The zero-order valence-electron chi connectivity index (χ0n) is 17.3. The summed E-state index contributed by atoms with van der Waals surface area (Å²) in [4.78, 5) is 30.0. The van der Waals surface area contributed by atoms with Crippen LogP contribution in [0.5, 0.6) is 5.88 Å². The lowest BCUT2D eigenvalue weighted by Gasteiger charge is -2.20. The highest BCUT2D eigenvalue weighted by atomic mass is 16.6. The largest absolute Gasteiger partial charge is 0.446 e. The van der Waals surface area contributed by atoms with Gasteiger partial charge >= 0.3 is 6.09 Å². The smallest absolute Gasteiger partial charge is 0.408 e. The van der Waals surface area contributed by atoms with Crippen LogP contribution < -0.4 is 10.1 Å². The number of aryl methyl sites for hydroxylation is 1. The monoisotopic (exact) mass is 397 g/mol. The second-order valence-electron chi connectivity index (χ2n) is 8.16. The molecule has 1 aromatic heterocycles. The molecule has 7 heteroatoms. The number of carbonyl (C=O) groups is 2. The number of fused-ring (bicyclic) bond motifs is 1. The van der Waals surface area contributed by atoms with Crippen LogP contribution in [0.2, 0.25) is 0 Å². The molecule has 0 spiro atoms. The number of nitrogens with zero attached hydrogens (tertiary/aromatic N) is 2. The van der Waals surface area contributed by atoms with Gasteiger partial charge in [0.25, 0.3) is 0 Å². The van der Waals surface area contributed by atoms with Crippen molar-refractivity contribution in [3.05, 3.63) is 47.9 Å². The first kappa shape index (κ1) is 20.6. The number of carbonyl (C=O) groups excluding carboxylic acids is 2. The highest BCUT2D eigenvalue weighted by molar-refractivity contribution is 5.87. The number of nitrogens with one attached hydrogen (secondary N) is 1. The van der Waals surface area contributed by atoms with Gasteiger partial charge in [0.05, 0.1) is 6.26 Å². The van der Waals surface area contributed by atoms with E-state index in [1.165, 1.54) is 5.56 Å². The van der Waals surface area contributed by atoms with Crippen LogP contribution in [0.25, 0.3) is 10.8 Å². The molecular formula is C22H27N3O4. The van der Waals surface area contributed by atoms with E-state index in [-0.39, 0.29) is 12.5 Å². The standard InChI is InChI=1S/C22H27N3O4/c1-15-5-6-18-17(11-15)7-9-23-20(18)28-14-16-8-10-25(13-16)19(26)12-24-21(27)29-22(2,3)4/h5-7,9,11,14H,8,10,12-13H2,1-4H3,(H,24,27)/b16-14+. The number of hydrogen-bond acceptors (Lipinski definition) is 5. The van der Waals surface area contributed by atoms with Gasteiger partial charge in [0, 0.05) is 24.7 Å². The molecule has 1 aromatic carbocycles. The third-order valence-electron chi connectivity index (χ3n) is 4.45. The highest BCUT2D eigenvalue weighted by Crippen LogP contribution is 2.25. The molecule has 0 bridgehead atoms. The molecule has 0 unspecified atom stereocenters. The maximum Gasteiger partial charge on any atom is 0.408 e. The number of rotatable bonds is 4. The van der Waals surface area contributed by atoms with Gasteiger partial charge in [0.2, 0.25) is 11.8 Å². The normalized spacial score (nSPS) is 15.6. The molecule has 1 aliphatic rings. The van der Waals surface area contributed by atoms with Crippen LogP contribution in [0.1, 0.15) is 32.8 Å². The average Bonchev–Trinajstić information content (AvgIpc) is 3.12. The summed E-state index contributed by atoms with van der Waals surface area (Å²) >= 11 is 0. The van der Waals surface area contributed by atoms with Gasteiger partial charge in [-0.05, 0) is 57.2 Å². The van der Waals surface area contributed by atoms with E-state index in [1.807, 2.05) is 25.1 Å². The van der Waals surface area contributed by atoms with Crippen LogP contribution in [0.15, 0.2) is 42.3 Å². The molecule has 2 heterocycles. The molecule has 0 saturated carbocycles. The summed E-state index contributed by atoms with van der Waals surface area (Å²) in [6, 6.07) is 8.07. The van der Waals surface area contributed by atoms with Crippen molar-refractivity contribution < 1.29 is 19.1 Å². The lowest BCUT2D eigenvalue weighted by molar-refractivity contribution is -0.129. The maximum atomic E-state index is 12.3. The Hall–Kier alpha value is -3.09. The molecule has 2 aromatic rings. The topological polar surface area (TPSA) is 80.8 Å². The third-order valence-corrected chi connectivity index (χ3v) is 4.45. The number of aromatic nitrogens is 1. The Labute approximate surface area is 170 Å². The van der Waals surface area contributed by atoms with E-state index in [0.29, 0.717) is 19.0 Å². The van der Waals surface area contributed by atoms with Crippen LogP contribution in [0.4, 0.5) is 4.79 Å². The van der Waals surface area contributed by atoms with Crippen LogP contribution in [0.3, 0.4) is 0 Å². The van der Waals surface area contributed by atoms with Crippen LogP contribution in [0, 0.1) is 6.92 Å². The molecule has 1 N–H and O–H groups in total. The SMILES string of the molecule is Cc1ccc2c(O/C=C3\CCN(C(=O)CNC(=O)OC(C)(C)C)C3)nccc2c1. The number of hydrogen-bond donors (Lipinski definition) is 1. The Morgan fingerprint density at radius 3 is 2.83 bits per heavy atom. The molecule has 1 aliphatic heterocycles. The number of likely N-dealkylation sites (tertiary alicyclic amines) is 1. The van der Waals surface area contributed by atoms with Gasteiger partial charge in [0.1, 0.15) is 12.1 Å². The van der Waals surface area contributed by atoms with Gasteiger partial charge in [-0.3, -0.25) is 4.79 Å². The van der Waals surface area contributed by atoms with Crippen molar-refractivity contribution in [3.63, 3.8) is 0 Å². The van der Waals surface area contributed by atoms with Crippen molar-refractivity contribution in [3.8, 4) is 5.88 Å². The van der Waals surface area contributed by atoms with Crippen LogP contribution in [-0.2, 0) is 9.53 Å². The molecule has 3 rings (SSSR count). The summed E-state index contributed by atoms with van der Waals surface area (Å²) < 4.78 is 11.0. The van der Waals surface area contributed by atoms with Crippen molar-refractivity contribution >= 4 is 22.8 Å². The number of amides is 2. The minimum atomic E-state index is -0.596. The van der Waals surface area contributed by atoms with E-state index in [4.69, 9.17) is 9.47 Å². The molecular weight excluding hydrogens is 370 g/mol. The fourth-order valence-corrected chi connectivity index (χ4v) is 3.07. The Balaban J connectivity index is 1.55. The zero-order chi connectivity index (χ0) is 21.0. The predicted octanol–water partition coefficient (Wildman–Crippen LogP) is 3.56. The van der Waals surface area contributed by atoms with Gasteiger partial charge < -0.3 is 19.7 Å². The lowest BCUT2D eigenvalue weighted by Crippen LogP contribution is -2.40. The van der Waals surface area contributed by atoms with E-state index >= 15 is 0 Å². The number of ether oxygens (including phenoxy) is 2. The van der Waals surface area contributed by atoms with Gasteiger partial charge in [-0.15, -0.1) is 0 Å². The van der Waals surface area contributed by atoms with E-state index in [0.717, 1.165) is 22.8 Å². The van der Waals surface area contributed by atoms with Crippen LogP contribution >= 0.6 is 0 Å². The molecule has 0 atom stereocenters. The quantitative estimate of drug-likeness (QED) is 0.798. The Bertz CT molecular complexity index is 947. The molecule has 1 fully saturated rings. The van der Waals surface area contributed by atoms with E-state index in [9.17, 15) is 9.59 Å². The zero-order valence-corrected chi connectivity index (χ0v) is 17.3. The first-order chi connectivity index (χ1) is 13.7. The first-order valence-corrected chi connectivity index (χ1v) is 9.66. The molecule has 7 nitrogen and oxygen atoms in total. The Morgan fingerprint density at radius 1 is 1.28 bits per heavy atom. The predicted molar refractivity (Wildman–Crippen MR) is 111 cm³/mol. The van der Waals surface area contributed by atoms with Crippen molar-refractivity contribution in [2.45, 2.75) is 39.7 Å². The van der Waals surface area contributed by atoms with E-state index < -0.39 is 11.7 Å². The molecule has 2 amide bonds. The minimum Gasteiger partial charge on any atom is -0.446 e. The fraction of sp³-hybridized carbons (Fsp3) is 0.409. The summed E-state index contributed by atoms with van der Waals surface area (Å²) in [5.74, 6) is 0.393. The molecule has 0 radical (unpaired) electrons. The third kappa shape index (κ3) is 5.70. The number of benzene rings is 1. The second kappa shape index (κ2) is 8.51. The second-order valence-corrected chi connectivity index (χ2v) is 8.16. The Morgan fingerprint density at radius 2 is 2.07 bits per heavy atom. The number of pyridine rings is 1. The van der Waals surface area contributed by atoms with Gasteiger partial charge in [-0.2, -0.15) is 0 Å². The van der Waals surface area contributed by atoms with Gasteiger partial charge in [0.15, 0.2) is 0 Å². The van der Waals surface area contributed by atoms with E-state index in [1.54, 1.807) is 38.1 Å². The van der Waals surface area contributed by atoms with Crippen molar-refractivity contribution in [1.29, 1.82) is 0 Å². The van der Waals surface area contributed by atoms with E-state index in [2.05, 4.69) is 16.4 Å². The van der Waals surface area contributed by atoms with Gasteiger partial charge in [-0.1, -0.05) is 17.7 Å². The van der Waals surface area contributed by atoms with Gasteiger partial charge in [-0.25, -0.2) is 9.78 Å². The highest BCUT2D eigenvalue weighted by Gasteiger charge is 2.23. The average molecular weight is 397 g/mol. The molecule has 154 valence electrons. The van der Waals surface area contributed by atoms with Crippen molar-refractivity contribution in [2.75, 3.05) is 19.6 Å². The molecule has 0 aliphatic carbocycles. The molecule has 1 saturated heterocycles. The summed E-state index contributed by atoms with van der Waals surface area (Å²) in [6.07, 6.45) is 3.53. The van der Waals surface area contributed by atoms with Crippen molar-refractivity contribution in [2.24, 2.45) is 0 Å². The summed E-state index contributed by atoms with van der Waals surface area (Å²) in [5.41, 5.74) is 1.59. The summed E-state index contributed by atoms with van der Waals surface area (Å²) in [7, 11) is 0. The fourth-order valence-electron chi connectivity index (χ4n) is 3.07. The van der Waals surface area contributed by atoms with Crippen LogP contribution in [-0.4, -0.2) is 47.1 Å². The Kier molecular flexibility index (Phi) is 6.06. The maximum absolute atomic E-state index is 12.3. The summed E-state index contributed by atoms with van der Waals surface area (Å²) in [6.45, 7) is 8.34. The summed E-state index contributed by atoms with van der Waals surface area (Å²) in [5, 5.41) is 4.52. The van der Waals surface area contributed by atoms with Crippen molar-refractivity contribution in [1.82, 2.24) is 15.2 Å². The number of alkyl carbamates (subject to hydrolysis) is 1. The molecule has 29 heavy (non-hydrogen) atoms. The minimum absolute atomic E-state index is 0.0900. The first-order valence-electron chi connectivity index (χ1n) is 9.66. The lowest BCUT2D eigenvalue weighted by atomic mass is 10.1.